The van der Waals surface area contributed by atoms with Crippen LogP contribution in [0.2, 0.25) is 0 Å². The molecule has 0 fully saturated rings. The van der Waals surface area contributed by atoms with Crippen LogP contribution in [0.1, 0.15) is 42.5 Å². The average Bonchev–Trinajstić information content (AvgIpc) is 3.12. The molecule has 0 radical (unpaired) electrons. The average molecular weight is 493 g/mol. The Morgan fingerprint density at radius 2 is 1.71 bits per heavy atom. The Bertz CT molecular complexity index is 1370. The first-order valence-corrected chi connectivity index (χ1v) is 13.1. The number of carbonyl (C=O) groups excluding carboxylic acids is 2. The van der Waals surface area contributed by atoms with Crippen molar-refractivity contribution in [2.24, 2.45) is 4.99 Å². The highest BCUT2D eigenvalue weighted by Gasteiger charge is 2.18. The maximum Gasteiger partial charge on any atom is 0.262 e. The van der Waals surface area contributed by atoms with Crippen LogP contribution < -0.4 is 15.4 Å². The Morgan fingerprint density at radius 3 is 2.57 bits per heavy atom. The zero-order chi connectivity index (χ0) is 24.7. The summed E-state index contributed by atoms with van der Waals surface area (Å²) in [7, 11) is -3.80. The molecule has 1 aliphatic heterocycles. The van der Waals surface area contributed by atoms with Crippen molar-refractivity contribution in [2.45, 2.75) is 37.0 Å². The van der Waals surface area contributed by atoms with Gasteiger partial charge in [-0.3, -0.25) is 19.3 Å². The van der Waals surface area contributed by atoms with Gasteiger partial charge >= 0.3 is 0 Å². The first kappa shape index (κ1) is 24.4. The van der Waals surface area contributed by atoms with E-state index in [1.165, 1.54) is 12.1 Å². The number of anilines is 1. The van der Waals surface area contributed by atoms with Crippen molar-refractivity contribution in [3.8, 4) is 0 Å². The van der Waals surface area contributed by atoms with Gasteiger partial charge in [0.25, 0.3) is 15.9 Å². The lowest BCUT2D eigenvalue weighted by Crippen LogP contribution is -2.30. The molecule has 4 rings (SSSR count). The van der Waals surface area contributed by atoms with Gasteiger partial charge in [-0.25, -0.2) is 8.42 Å². The van der Waals surface area contributed by atoms with E-state index in [0.717, 1.165) is 30.0 Å². The van der Waals surface area contributed by atoms with Crippen LogP contribution >= 0.6 is 0 Å². The van der Waals surface area contributed by atoms with Gasteiger partial charge in [0.05, 0.1) is 4.90 Å². The fourth-order valence-electron chi connectivity index (χ4n) is 3.86. The maximum atomic E-state index is 12.8. The van der Waals surface area contributed by atoms with Crippen molar-refractivity contribution in [3.05, 3.63) is 72.3 Å². The maximum absolute atomic E-state index is 12.8. The van der Waals surface area contributed by atoms with Crippen LogP contribution in [0, 0.1) is 0 Å². The Hall–Kier alpha value is -3.72. The Balaban J connectivity index is 1.30. The molecule has 35 heavy (non-hydrogen) atoms. The van der Waals surface area contributed by atoms with Crippen LogP contribution in [-0.4, -0.2) is 39.2 Å². The van der Waals surface area contributed by atoms with E-state index >= 15 is 0 Å². The molecule has 0 aromatic heterocycles. The zero-order valence-electron chi connectivity index (χ0n) is 19.3. The molecule has 8 nitrogen and oxygen atoms in total. The number of hydrogen-bond acceptors (Lipinski definition) is 5. The predicted molar refractivity (Wildman–Crippen MR) is 137 cm³/mol. The lowest BCUT2D eigenvalue weighted by atomic mass is 10.1. The number of nitrogens with zero attached hydrogens (tertiary/aromatic N) is 1. The molecule has 0 saturated heterocycles. The smallest absolute Gasteiger partial charge is 0.262 e. The fourth-order valence-corrected chi connectivity index (χ4v) is 4.99. The monoisotopic (exact) mass is 492 g/mol. The molecule has 3 aromatic rings. The van der Waals surface area contributed by atoms with Gasteiger partial charge in [0.15, 0.2) is 0 Å². The topological polar surface area (TPSA) is 117 Å². The third kappa shape index (κ3) is 6.66. The Morgan fingerprint density at radius 1 is 0.886 bits per heavy atom. The van der Waals surface area contributed by atoms with Crippen LogP contribution in [0.5, 0.6) is 0 Å². The third-order valence-electron chi connectivity index (χ3n) is 5.70. The molecule has 9 heteroatoms. The SMILES string of the molecule is O=C(CCNC(=O)c1ccc2ccccc2c1)Nc1cccc(S(=O)(=O)NC2=NCCCCC2)c1. The molecule has 0 unspecified atom stereocenters. The normalized spacial score (nSPS) is 14.0. The first-order chi connectivity index (χ1) is 16.9. The molecule has 0 saturated carbocycles. The quantitative estimate of drug-likeness (QED) is 0.464. The second kappa shape index (κ2) is 11.1. The van der Waals surface area contributed by atoms with E-state index in [2.05, 4.69) is 20.3 Å². The number of nitrogens with one attached hydrogen (secondary N) is 3. The molecular weight excluding hydrogens is 464 g/mol. The van der Waals surface area contributed by atoms with E-state index in [4.69, 9.17) is 0 Å². The van der Waals surface area contributed by atoms with Crippen molar-refractivity contribution in [2.75, 3.05) is 18.4 Å². The molecular formula is C26H28N4O4S. The van der Waals surface area contributed by atoms with Gasteiger partial charge in [-0.05, 0) is 53.9 Å². The number of carbonyl (C=O) groups is 2. The summed E-state index contributed by atoms with van der Waals surface area (Å²) in [5.41, 5.74) is 0.884. The first-order valence-electron chi connectivity index (χ1n) is 11.6. The standard InChI is InChI=1S/C26H28N4O4S/c31-25(14-16-28-26(32)21-13-12-19-7-3-4-8-20(19)17-21)29-22-9-6-10-23(18-22)35(33,34)30-24-11-2-1-5-15-27-24/h3-4,6-10,12-13,17-18H,1-2,5,11,14-16H2,(H,27,30)(H,28,32)(H,29,31). The van der Waals surface area contributed by atoms with Crippen molar-refractivity contribution < 1.29 is 18.0 Å². The summed E-state index contributed by atoms with van der Waals surface area (Å²) in [6, 6.07) is 19.3. The number of fused-ring (bicyclic) bond motifs is 1. The molecule has 3 N–H and O–H groups in total. The predicted octanol–water partition coefficient (Wildman–Crippen LogP) is 3.85. The zero-order valence-corrected chi connectivity index (χ0v) is 20.1. The van der Waals surface area contributed by atoms with Crippen molar-refractivity contribution in [1.29, 1.82) is 0 Å². The van der Waals surface area contributed by atoms with E-state index in [9.17, 15) is 18.0 Å². The van der Waals surface area contributed by atoms with Crippen molar-refractivity contribution in [1.82, 2.24) is 10.0 Å². The molecule has 1 heterocycles. The van der Waals surface area contributed by atoms with Crippen LogP contribution in [0.4, 0.5) is 5.69 Å². The van der Waals surface area contributed by atoms with Gasteiger partial charge in [0.1, 0.15) is 5.84 Å². The number of sulfonamides is 1. The minimum Gasteiger partial charge on any atom is -0.352 e. The summed E-state index contributed by atoms with van der Waals surface area (Å²) in [6.45, 7) is 0.766. The van der Waals surface area contributed by atoms with Crippen LogP contribution in [0.3, 0.4) is 0 Å². The van der Waals surface area contributed by atoms with E-state index < -0.39 is 10.0 Å². The highest BCUT2D eigenvalue weighted by atomic mass is 32.2. The second-order valence-corrected chi connectivity index (χ2v) is 10.1. The Kier molecular flexibility index (Phi) is 7.77. The summed E-state index contributed by atoms with van der Waals surface area (Å²) in [5, 5.41) is 7.45. The minimum atomic E-state index is -3.80. The molecule has 2 amide bonds. The van der Waals surface area contributed by atoms with Gasteiger partial charge in [-0.15, -0.1) is 0 Å². The number of hydrogen-bond donors (Lipinski definition) is 3. The van der Waals surface area contributed by atoms with Gasteiger partial charge in [0.2, 0.25) is 5.91 Å². The van der Waals surface area contributed by atoms with E-state index in [1.54, 1.807) is 18.2 Å². The lowest BCUT2D eigenvalue weighted by molar-refractivity contribution is -0.116. The summed E-state index contributed by atoms with van der Waals surface area (Å²) in [5.74, 6) is -0.122. The van der Waals surface area contributed by atoms with Gasteiger partial charge in [0, 0.05) is 37.2 Å². The highest BCUT2D eigenvalue weighted by molar-refractivity contribution is 7.90. The van der Waals surface area contributed by atoms with Crippen LogP contribution in [0.25, 0.3) is 10.8 Å². The second-order valence-electron chi connectivity index (χ2n) is 8.39. The summed E-state index contributed by atoms with van der Waals surface area (Å²) in [6.07, 6.45) is 3.52. The number of amidine groups is 1. The van der Waals surface area contributed by atoms with E-state index in [-0.39, 0.29) is 29.7 Å². The minimum absolute atomic E-state index is 0.0470. The number of rotatable bonds is 7. The molecule has 0 atom stereocenters. The fraction of sp³-hybridized carbons (Fsp3) is 0.269. The number of aliphatic imine (C=N–C) groups is 1. The van der Waals surface area contributed by atoms with Gasteiger partial charge in [-0.2, -0.15) is 0 Å². The lowest BCUT2D eigenvalue weighted by Gasteiger charge is -2.11. The van der Waals surface area contributed by atoms with E-state index in [1.807, 2.05) is 36.4 Å². The van der Waals surface area contributed by atoms with Crippen LogP contribution in [0.15, 0.2) is 76.6 Å². The molecule has 0 bridgehead atoms. The van der Waals surface area contributed by atoms with Crippen molar-refractivity contribution in [3.63, 3.8) is 0 Å². The van der Waals surface area contributed by atoms with E-state index in [0.29, 0.717) is 30.1 Å². The highest BCUT2D eigenvalue weighted by Crippen LogP contribution is 2.17. The number of amides is 2. The number of benzene rings is 3. The summed E-state index contributed by atoms with van der Waals surface area (Å²) in [4.78, 5) is 29.2. The summed E-state index contributed by atoms with van der Waals surface area (Å²) < 4.78 is 28.1. The summed E-state index contributed by atoms with van der Waals surface area (Å²) >= 11 is 0. The molecule has 3 aromatic carbocycles. The molecule has 0 aliphatic carbocycles. The molecule has 1 aliphatic rings. The van der Waals surface area contributed by atoms with Crippen LogP contribution in [-0.2, 0) is 14.8 Å². The largest absolute Gasteiger partial charge is 0.352 e. The molecule has 0 spiro atoms. The molecule has 182 valence electrons. The van der Waals surface area contributed by atoms with Gasteiger partial charge < -0.3 is 10.6 Å². The third-order valence-corrected chi connectivity index (χ3v) is 7.08. The van der Waals surface area contributed by atoms with Gasteiger partial charge in [-0.1, -0.05) is 42.8 Å². The Labute approximate surface area is 204 Å². The van der Waals surface area contributed by atoms with Crippen molar-refractivity contribution >= 4 is 44.1 Å².